The molecule has 0 saturated carbocycles. The number of carbonyl (C=O) groups is 1. The van der Waals surface area contributed by atoms with Crippen LogP contribution in [-0.4, -0.2) is 53.5 Å². The van der Waals surface area contributed by atoms with Crippen molar-refractivity contribution in [3.05, 3.63) is 0 Å². The zero-order valence-electron chi connectivity index (χ0n) is 10.8. The van der Waals surface area contributed by atoms with Gasteiger partial charge in [0.1, 0.15) is 0 Å². The zero-order chi connectivity index (χ0) is 14.1. The summed E-state index contributed by atoms with van der Waals surface area (Å²) in [5.74, 6) is 0. The lowest BCUT2D eigenvalue weighted by Crippen LogP contribution is -2.54. The van der Waals surface area contributed by atoms with Gasteiger partial charge in [0.2, 0.25) is 0 Å². The van der Waals surface area contributed by atoms with Crippen molar-refractivity contribution in [2.24, 2.45) is 0 Å². The maximum atomic E-state index is 11.3. The highest BCUT2D eigenvalue weighted by molar-refractivity contribution is 8.11. The van der Waals surface area contributed by atoms with E-state index in [1.165, 1.54) is 9.21 Å². The lowest BCUT2D eigenvalue weighted by molar-refractivity contribution is 0.0525. The van der Waals surface area contributed by atoms with E-state index in [1.807, 2.05) is 20.8 Å². The summed E-state index contributed by atoms with van der Waals surface area (Å²) < 4.78 is 23.5. The molecule has 0 radical (unpaired) electrons. The molecule has 1 heterocycles. The van der Waals surface area contributed by atoms with E-state index in [4.69, 9.17) is 10.7 Å². The largest absolute Gasteiger partial charge is 0.465 e. The van der Waals surface area contributed by atoms with Gasteiger partial charge in [-0.15, -0.1) is 0 Å². The Bertz CT molecular complexity index is 410. The SMILES string of the molecule is CC(C)(C)N(C(=O)O)C1CCN(S(=O)(=O)Cl)CC1. The van der Waals surface area contributed by atoms with Gasteiger partial charge in [0, 0.05) is 35.4 Å². The van der Waals surface area contributed by atoms with E-state index in [2.05, 4.69) is 0 Å². The number of nitrogens with zero attached hydrogens (tertiary/aromatic N) is 2. The molecule has 1 fully saturated rings. The number of amides is 1. The van der Waals surface area contributed by atoms with Gasteiger partial charge in [0.05, 0.1) is 0 Å². The van der Waals surface area contributed by atoms with E-state index in [9.17, 15) is 18.3 Å². The standard InChI is InChI=1S/C10H19ClN2O4S/c1-10(2,3)13(9(14)15)8-4-6-12(7-5-8)18(11,16)17/h8H,4-7H2,1-3H3,(H,14,15). The quantitative estimate of drug-likeness (QED) is 0.787. The Kier molecular flexibility index (Phi) is 4.51. The van der Waals surface area contributed by atoms with E-state index in [0.717, 1.165) is 0 Å². The van der Waals surface area contributed by atoms with Crippen molar-refractivity contribution in [2.75, 3.05) is 13.1 Å². The van der Waals surface area contributed by atoms with Crippen molar-refractivity contribution < 1.29 is 18.3 Å². The van der Waals surface area contributed by atoms with E-state index in [0.29, 0.717) is 12.8 Å². The van der Waals surface area contributed by atoms with Crippen LogP contribution in [0.15, 0.2) is 0 Å². The van der Waals surface area contributed by atoms with Crippen LogP contribution < -0.4 is 0 Å². The maximum absolute atomic E-state index is 11.3. The summed E-state index contributed by atoms with van der Waals surface area (Å²) in [6.45, 7) is 6.00. The fourth-order valence-electron chi connectivity index (χ4n) is 2.31. The summed E-state index contributed by atoms with van der Waals surface area (Å²) >= 11 is 0. The Morgan fingerprint density at radius 3 is 2.06 bits per heavy atom. The predicted molar refractivity (Wildman–Crippen MR) is 69.0 cm³/mol. The van der Waals surface area contributed by atoms with Crippen LogP contribution in [0.1, 0.15) is 33.6 Å². The molecule has 1 aliphatic heterocycles. The van der Waals surface area contributed by atoms with Gasteiger partial charge < -0.3 is 10.0 Å². The minimum Gasteiger partial charge on any atom is -0.465 e. The van der Waals surface area contributed by atoms with Crippen molar-refractivity contribution >= 4 is 26.0 Å². The van der Waals surface area contributed by atoms with Crippen LogP contribution in [0.4, 0.5) is 4.79 Å². The smallest absolute Gasteiger partial charge is 0.407 e. The van der Waals surface area contributed by atoms with Crippen molar-refractivity contribution in [1.29, 1.82) is 0 Å². The molecule has 6 nitrogen and oxygen atoms in total. The lowest BCUT2D eigenvalue weighted by atomic mass is 9.98. The number of carboxylic acid groups (broad SMARTS) is 1. The monoisotopic (exact) mass is 298 g/mol. The second kappa shape index (κ2) is 5.22. The van der Waals surface area contributed by atoms with Gasteiger partial charge in [-0.2, -0.15) is 12.7 Å². The summed E-state index contributed by atoms with van der Waals surface area (Å²) in [6, 6.07) is -0.169. The molecule has 0 bridgehead atoms. The molecule has 8 heteroatoms. The Morgan fingerprint density at radius 1 is 1.33 bits per heavy atom. The molecule has 1 aliphatic rings. The van der Waals surface area contributed by atoms with Gasteiger partial charge in [-0.3, -0.25) is 0 Å². The molecule has 0 aliphatic carbocycles. The third-order valence-electron chi connectivity index (χ3n) is 3.03. The fraction of sp³-hybridized carbons (Fsp3) is 0.900. The minimum atomic E-state index is -3.69. The van der Waals surface area contributed by atoms with Gasteiger partial charge in [-0.25, -0.2) is 4.79 Å². The summed E-state index contributed by atoms with van der Waals surface area (Å²) in [4.78, 5) is 12.7. The molecule has 18 heavy (non-hydrogen) atoms. The molecule has 0 aromatic heterocycles. The second-order valence-corrected chi connectivity index (χ2v) is 7.91. The summed E-state index contributed by atoms with van der Waals surface area (Å²) in [7, 11) is 1.57. The van der Waals surface area contributed by atoms with E-state index >= 15 is 0 Å². The number of hydrogen-bond acceptors (Lipinski definition) is 3. The fourth-order valence-corrected chi connectivity index (χ4v) is 3.37. The summed E-state index contributed by atoms with van der Waals surface area (Å²) in [5, 5.41) is 9.25. The summed E-state index contributed by atoms with van der Waals surface area (Å²) in [5.41, 5.74) is -0.501. The van der Waals surface area contributed by atoms with Crippen molar-refractivity contribution in [1.82, 2.24) is 9.21 Å². The third-order valence-corrected chi connectivity index (χ3v) is 4.59. The molecule has 0 aromatic carbocycles. The van der Waals surface area contributed by atoms with Crippen LogP contribution in [0.2, 0.25) is 0 Å². The zero-order valence-corrected chi connectivity index (χ0v) is 12.3. The van der Waals surface area contributed by atoms with Crippen LogP contribution in [0.5, 0.6) is 0 Å². The Hall–Kier alpha value is -0.530. The molecule has 0 spiro atoms. The van der Waals surface area contributed by atoms with E-state index in [1.54, 1.807) is 0 Å². The first-order valence-corrected chi connectivity index (χ1v) is 8.02. The summed E-state index contributed by atoms with van der Waals surface area (Å²) in [6.07, 6.45) is -0.0416. The second-order valence-electron chi connectivity index (χ2n) is 5.40. The first kappa shape index (κ1) is 15.5. The molecule has 0 unspecified atom stereocenters. The predicted octanol–water partition coefficient (Wildman–Crippen LogP) is 1.71. The van der Waals surface area contributed by atoms with E-state index < -0.39 is 20.9 Å². The molecule has 1 amide bonds. The van der Waals surface area contributed by atoms with Crippen LogP contribution in [0.25, 0.3) is 0 Å². The first-order chi connectivity index (χ1) is 8.03. The molecular formula is C10H19ClN2O4S. The first-order valence-electron chi connectivity index (χ1n) is 5.75. The Labute approximate surface area is 112 Å². The van der Waals surface area contributed by atoms with Crippen LogP contribution in [0.3, 0.4) is 0 Å². The molecule has 1 N–H and O–H groups in total. The van der Waals surface area contributed by atoms with Gasteiger partial charge in [0.15, 0.2) is 0 Å². The van der Waals surface area contributed by atoms with Crippen molar-refractivity contribution in [2.45, 2.75) is 45.2 Å². The number of rotatable bonds is 2. The number of halogens is 1. The average molecular weight is 299 g/mol. The van der Waals surface area contributed by atoms with Crippen molar-refractivity contribution in [3.8, 4) is 0 Å². The highest BCUT2D eigenvalue weighted by Crippen LogP contribution is 2.26. The van der Waals surface area contributed by atoms with Crippen LogP contribution in [0, 0.1) is 0 Å². The Balaban J connectivity index is 2.75. The average Bonchev–Trinajstić information content (AvgIpc) is 2.13. The topological polar surface area (TPSA) is 77.9 Å². The third kappa shape index (κ3) is 3.73. The highest BCUT2D eigenvalue weighted by atomic mass is 35.7. The van der Waals surface area contributed by atoms with E-state index in [-0.39, 0.29) is 19.1 Å². The molecule has 1 saturated heterocycles. The van der Waals surface area contributed by atoms with Gasteiger partial charge in [-0.1, -0.05) is 0 Å². The molecule has 1 rings (SSSR count). The molecular weight excluding hydrogens is 280 g/mol. The lowest BCUT2D eigenvalue weighted by Gasteiger charge is -2.42. The van der Waals surface area contributed by atoms with Crippen molar-refractivity contribution in [3.63, 3.8) is 0 Å². The van der Waals surface area contributed by atoms with Crippen LogP contribution >= 0.6 is 10.7 Å². The van der Waals surface area contributed by atoms with Crippen LogP contribution in [-0.2, 0) is 9.24 Å². The van der Waals surface area contributed by atoms with Gasteiger partial charge in [0.25, 0.3) is 9.24 Å². The minimum absolute atomic E-state index is 0.169. The highest BCUT2D eigenvalue weighted by Gasteiger charge is 2.36. The van der Waals surface area contributed by atoms with Gasteiger partial charge >= 0.3 is 6.09 Å². The molecule has 0 aromatic rings. The maximum Gasteiger partial charge on any atom is 0.407 e. The number of piperidine rings is 1. The molecule has 0 atom stereocenters. The normalized spacial score (nSPS) is 19.8. The Morgan fingerprint density at radius 2 is 1.78 bits per heavy atom. The number of hydrogen-bond donors (Lipinski definition) is 1. The van der Waals surface area contributed by atoms with Gasteiger partial charge in [-0.05, 0) is 33.6 Å². The molecule has 106 valence electrons.